The Morgan fingerprint density at radius 1 is 1.06 bits per heavy atom. The molecule has 3 N–H and O–H groups in total. The summed E-state index contributed by atoms with van der Waals surface area (Å²) in [6.45, 7) is 0.681. The van der Waals surface area contributed by atoms with Gasteiger partial charge in [0.25, 0.3) is 0 Å². The van der Waals surface area contributed by atoms with Gasteiger partial charge >= 0.3 is 18.4 Å². The largest absolute Gasteiger partial charge is 0.420 e. The molecule has 102 valence electrons. The molecule has 0 fully saturated rings. The molecular weight excluding hydrogens is 256 g/mol. The maximum absolute atomic E-state index is 12.5. The Morgan fingerprint density at radius 2 is 1.47 bits per heavy atom. The van der Waals surface area contributed by atoms with Gasteiger partial charge in [0, 0.05) is 7.05 Å². The van der Waals surface area contributed by atoms with Crippen LogP contribution in [0.2, 0.25) is 0 Å². The first kappa shape index (κ1) is 15.8. The van der Waals surface area contributed by atoms with Crippen LogP contribution in [0, 0.1) is 0 Å². The molecule has 0 bridgehead atoms. The van der Waals surface area contributed by atoms with E-state index >= 15 is 0 Å². The summed E-state index contributed by atoms with van der Waals surface area (Å²) in [5.41, 5.74) is -0.763. The van der Waals surface area contributed by atoms with Crippen LogP contribution in [0.3, 0.4) is 0 Å². The van der Waals surface area contributed by atoms with Gasteiger partial charge in [-0.25, -0.2) is 10.2 Å². The second kappa shape index (κ2) is 4.98. The van der Waals surface area contributed by atoms with E-state index in [4.69, 9.17) is 0 Å². The zero-order valence-corrected chi connectivity index (χ0v) is 8.88. The summed E-state index contributed by atoms with van der Waals surface area (Å²) in [5.74, 6) is 0. The molecule has 0 aliphatic carbocycles. The summed E-state index contributed by atoms with van der Waals surface area (Å²) < 4.78 is 74.9. The number of hydrazine groups is 1. The predicted octanol–water partition coefficient (Wildman–Crippen LogP) is 1.69. The van der Waals surface area contributed by atoms with Crippen molar-refractivity contribution in [2.45, 2.75) is 31.2 Å². The van der Waals surface area contributed by atoms with Gasteiger partial charge in [0.15, 0.2) is 0 Å². The normalized spacial score (nSPS) is 13.4. The molecule has 0 saturated carbocycles. The van der Waals surface area contributed by atoms with Gasteiger partial charge in [-0.05, 0) is 6.42 Å². The Hall–Kier alpha value is -1.19. The van der Waals surface area contributed by atoms with E-state index in [-0.39, 0.29) is 0 Å². The molecule has 0 aromatic heterocycles. The van der Waals surface area contributed by atoms with Gasteiger partial charge < -0.3 is 5.32 Å². The van der Waals surface area contributed by atoms with E-state index in [9.17, 15) is 31.1 Å². The molecular formula is C7H11F6N3O. The summed E-state index contributed by atoms with van der Waals surface area (Å²) in [4.78, 5) is 10.8. The van der Waals surface area contributed by atoms with Crippen molar-refractivity contribution in [3.8, 4) is 0 Å². The number of rotatable bonds is 3. The summed E-state index contributed by atoms with van der Waals surface area (Å²) >= 11 is 0. The van der Waals surface area contributed by atoms with Gasteiger partial charge in [-0.2, -0.15) is 26.3 Å². The van der Waals surface area contributed by atoms with Crippen LogP contribution < -0.4 is 16.2 Å². The van der Waals surface area contributed by atoms with Gasteiger partial charge in [0.05, 0.1) is 0 Å². The summed E-state index contributed by atoms with van der Waals surface area (Å²) in [7, 11) is 1.12. The number of hydrogen-bond donors (Lipinski definition) is 3. The van der Waals surface area contributed by atoms with Crippen molar-refractivity contribution in [2.75, 3.05) is 7.05 Å². The molecule has 4 nitrogen and oxygen atoms in total. The van der Waals surface area contributed by atoms with Gasteiger partial charge in [-0.3, -0.25) is 5.43 Å². The van der Waals surface area contributed by atoms with E-state index in [0.29, 0.717) is 6.92 Å². The van der Waals surface area contributed by atoms with Crippen LogP contribution in [0.5, 0.6) is 0 Å². The molecule has 0 aliphatic rings. The van der Waals surface area contributed by atoms with E-state index in [0.717, 1.165) is 12.4 Å². The molecule has 17 heavy (non-hydrogen) atoms. The molecule has 0 spiro atoms. The highest BCUT2D eigenvalue weighted by Crippen LogP contribution is 2.45. The average Bonchev–Trinajstić information content (AvgIpc) is 2.10. The number of alkyl halides is 6. The summed E-state index contributed by atoms with van der Waals surface area (Å²) in [6.07, 6.45) is -12.7. The van der Waals surface area contributed by atoms with E-state index in [1.54, 1.807) is 5.43 Å². The van der Waals surface area contributed by atoms with Crippen LogP contribution in [-0.4, -0.2) is 31.0 Å². The minimum Gasteiger partial charge on any atom is -0.315 e. The first-order valence-electron chi connectivity index (χ1n) is 4.40. The highest BCUT2D eigenvalue weighted by atomic mass is 19.4. The van der Waals surface area contributed by atoms with E-state index in [2.05, 4.69) is 0 Å². The standard InChI is InChI=1S/C7H11F6N3O/c1-3-5(6(8,9)10,7(11,12)13)15-4(17)16-14-2/h14H,3H2,1-2H3,(H2,15,16,17). The maximum Gasteiger partial charge on any atom is 0.420 e. The Bertz CT molecular complexity index is 260. The lowest BCUT2D eigenvalue weighted by molar-refractivity contribution is -0.304. The highest BCUT2D eigenvalue weighted by molar-refractivity contribution is 5.74. The second-order valence-corrected chi connectivity index (χ2v) is 3.08. The van der Waals surface area contributed by atoms with Crippen molar-refractivity contribution in [3.05, 3.63) is 0 Å². The van der Waals surface area contributed by atoms with E-state index in [1.165, 1.54) is 0 Å². The molecule has 0 aromatic rings. The summed E-state index contributed by atoms with van der Waals surface area (Å²) in [6, 6.07) is -1.62. The van der Waals surface area contributed by atoms with Crippen molar-refractivity contribution < 1.29 is 31.1 Å². The smallest absolute Gasteiger partial charge is 0.315 e. The van der Waals surface area contributed by atoms with Crippen LogP contribution in [0.4, 0.5) is 31.1 Å². The lowest BCUT2D eigenvalue weighted by atomic mass is 9.94. The topological polar surface area (TPSA) is 53.2 Å². The molecule has 0 saturated heterocycles. The molecule has 10 heteroatoms. The molecule has 0 rings (SSSR count). The second-order valence-electron chi connectivity index (χ2n) is 3.08. The molecule has 0 radical (unpaired) electrons. The zero-order valence-electron chi connectivity index (χ0n) is 8.88. The van der Waals surface area contributed by atoms with Crippen molar-refractivity contribution in [1.29, 1.82) is 0 Å². The van der Waals surface area contributed by atoms with Gasteiger partial charge in [0.2, 0.25) is 5.54 Å². The van der Waals surface area contributed by atoms with Crippen LogP contribution in [0.1, 0.15) is 13.3 Å². The van der Waals surface area contributed by atoms with E-state index in [1.807, 2.05) is 5.43 Å². The zero-order chi connectivity index (χ0) is 13.9. The number of amides is 2. The lowest BCUT2D eigenvalue weighted by Crippen LogP contribution is -2.69. The SMILES string of the molecule is CCC(NC(=O)NNC)(C(F)(F)F)C(F)(F)F. The quantitative estimate of drug-likeness (QED) is 0.538. The van der Waals surface area contributed by atoms with Crippen LogP contribution >= 0.6 is 0 Å². The highest BCUT2D eigenvalue weighted by Gasteiger charge is 2.70. The maximum atomic E-state index is 12.5. The van der Waals surface area contributed by atoms with Crippen molar-refractivity contribution in [2.24, 2.45) is 0 Å². The number of urea groups is 1. The fourth-order valence-corrected chi connectivity index (χ4v) is 1.13. The first-order valence-corrected chi connectivity index (χ1v) is 4.40. The monoisotopic (exact) mass is 267 g/mol. The lowest BCUT2D eigenvalue weighted by Gasteiger charge is -2.36. The van der Waals surface area contributed by atoms with Crippen molar-refractivity contribution >= 4 is 6.03 Å². The Morgan fingerprint density at radius 3 is 1.71 bits per heavy atom. The summed E-state index contributed by atoms with van der Waals surface area (Å²) in [5, 5.41) is 0.898. The number of hydrogen-bond acceptors (Lipinski definition) is 2. The number of nitrogens with one attached hydrogen (secondary N) is 3. The fourth-order valence-electron chi connectivity index (χ4n) is 1.13. The average molecular weight is 267 g/mol. The molecule has 0 aliphatic heterocycles. The molecule has 0 unspecified atom stereocenters. The number of carbonyl (C=O) groups excluding carboxylic acids is 1. The number of halogens is 6. The third kappa shape index (κ3) is 3.14. The number of carbonyl (C=O) groups is 1. The fraction of sp³-hybridized carbons (Fsp3) is 0.857. The minimum atomic E-state index is -5.65. The van der Waals surface area contributed by atoms with Crippen LogP contribution in [0.15, 0.2) is 0 Å². The van der Waals surface area contributed by atoms with Crippen LogP contribution in [0.25, 0.3) is 0 Å². The van der Waals surface area contributed by atoms with Gasteiger partial charge in [-0.1, -0.05) is 6.92 Å². The van der Waals surface area contributed by atoms with Gasteiger partial charge in [-0.15, -0.1) is 0 Å². The Kier molecular flexibility index (Phi) is 4.63. The molecule has 0 aromatic carbocycles. The minimum absolute atomic E-state index is 0.681. The Labute approximate surface area is 92.7 Å². The van der Waals surface area contributed by atoms with Crippen LogP contribution in [-0.2, 0) is 0 Å². The molecule has 0 heterocycles. The molecule has 0 atom stereocenters. The molecule has 2 amide bonds. The van der Waals surface area contributed by atoms with Crippen molar-refractivity contribution in [3.63, 3.8) is 0 Å². The third-order valence-corrected chi connectivity index (χ3v) is 2.06. The van der Waals surface area contributed by atoms with Crippen molar-refractivity contribution in [1.82, 2.24) is 16.2 Å². The predicted molar refractivity (Wildman–Crippen MR) is 45.9 cm³/mol. The Balaban J connectivity index is 5.31. The first-order chi connectivity index (χ1) is 7.52. The van der Waals surface area contributed by atoms with E-state index < -0.39 is 30.3 Å². The third-order valence-electron chi connectivity index (χ3n) is 2.06. The van der Waals surface area contributed by atoms with Gasteiger partial charge in [0.1, 0.15) is 0 Å².